The van der Waals surface area contributed by atoms with Gasteiger partial charge in [0.1, 0.15) is 22.7 Å². The minimum absolute atomic E-state index is 0.00824. The normalized spacial score (nSPS) is 24.8. The molecule has 2 amide bonds. The molecule has 0 N–H and O–H groups in total. The third-order valence-corrected chi connectivity index (χ3v) is 15.7. The average Bonchev–Trinajstić information content (AvgIpc) is 3.58. The molecule has 292 valence electrons. The SMILES string of the molecule is CCOc1cc(Cl)c(S(=O)(=O)CC(C)(C)C)cc1C1=N[C@@](C)(c2ccc(Cl)cc2)[C@@](C)(c2ccc(Cl)cc2)N1C(=O)N1CCN(C2CCS(=O)(=O)C2)CC1. The van der Waals surface area contributed by atoms with Crippen LogP contribution in [0.15, 0.2) is 70.6 Å². The Morgan fingerprint density at radius 3 is 2.02 bits per heavy atom. The molecule has 15 heteroatoms. The summed E-state index contributed by atoms with van der Waals surface area (Å²) in [7, 11) is -7.00. The van der Waals surface area contributed by atoms with E-state index in [4.69, 9.17) is 44.5 Å². The van der Waals surface area contributed by atoms with Crippen LogP contribution in [0.1, 0.15) is 64.7 Å². The van der Waals surface area contributed by atoms with E-state index in [0.717, 1.165) is 11.1 Å². The van der Waals surface area contributed by atoms with Crippen molar-refractivity contribution in [2.24, 2.45) is 10.4 Å². The highest BCUT2D eigenvalue weighted by Gasteiger charge is 2.60. The highest BCUT2D eigenvalue weighted by atomic mass is 35.5. The number of rotatable bonds is 8. The Morgan fingerprint density at radius 1 is 0.926 bits per heavy atom. The van der Waals surface area contributed by atoms with E-state index in [0.29, 0.717) is 48.2 Å². The zero-order valence-electron chi connectivity index (χ0n) is 31.4. The molecule has 2 saturated heterocycles. The van der Waals surface area contributed by atoms with E-state index in [2.05, 4.69) is 4.90 Å². The maximum absolute atomic E-state index is 15.4. The van der Waals surface area contributed by atoms with Gasteiger partial charge >= 0.3 is 6.03 Å². The van der Waals surface area contributed by atoms with Crippen LogP contribution in [-0.2, 0) is 30.8 Å². The number of piperazine rings is 1. The molecule has 3 aromatic rings. The van der Waals surface area contributed by atoms with Gasteiger partial charge in [0.2, 0.25) is 0 Å². The van der Waals surface area contributed by atoms with E-state index in [1.54, 1.807) is 34.1 Å². The molecule has 3 aromatic carbocycles. The van der Waals surface area contributed by atoms with Gasteiger partial charge in [-0.1, -0.05) is 79.8 Å². The third kappa shape index (κ3) is 7.76. The molecule has 6 rings (SSSR count). The minimum atomic E-state index is -3.92. The van der Waals surface area contributed by atoms with Crippen molar-refractivity contribution in [3.8, 4) is 5.75 Å². The molecule has 2 fully saturated rings. The Morgan fingerprint density at radius 2 is 1.50 bits per heavy atom. The second-order valence-corrected chi connectivity index (χ2v) is 21.3. The van der Waals surface area contributed by atoms with Gasteiger partial charge < -0.3 is 9.64 Å². The van der Waals surface area contributed by atoms with Crippen molar-refractivity contribution in [3.05, 3.63) is 92.4 Å². The third-order valence-electron chi connectivity index (χ3n) is 10.8. The topological polar surface area (TPSA) is 117 Å². The molecular weight excluding hydrogens is 791 g/mol. The molecule has 0 radical (unpaired) electrons. The molecule has 0 aliphatic carbocycles. The maximum atomic E-state index is 15.4. The summed E-state index contributed by atoms with van der Waals surface area (Å²) in [5.74, 6) is 0.616. The van der Waals surface area contributed by atoms with Crippen molar-refractivity contribution in [2.75, 3.05) is 50.0 Å². The number of sulfone groups is 2. The van der Waals surface area contributed by atoms with Gasteiger partial charge in [-0.15, -0.1) is 0 Å². The van der Waals surface area contributed by atoms with Crippen molar-refractivity contribution in [3.63, 3.8) is 0 Å². The van der Waals surface area contributed by atoms with Crippen molar-refractivity contribution in [2.45, 2.75) is 70.0 Å². The van der Waals surface area contributed by atoms with Crippen molar-refractivity contribution < 1.29 is 26.4 Å². The lowest BCUT2D eigenvalue weighted by Crippen LogP contribution is -2.61. The van der Waals surface area contributed by atoms with Gasteiger partial charge in [0, 0.05) is 48.3 Å². The van der Waals surface area contributed by atoms with Gasteiger partial charge in [-0.05, 0) is 74.1 Å². The molecule has 3 aliphatic heterocycles. The largest absolute Gasteiger partial charge is 0.493 e. The molecule has 0 aromatic heterocycles. The Hall–Kier alpha value is -2.87. The maximum Gasteiger partial charge on any atom is 0.326 e. The number of amidine groups is 1. The molecule has 3 atom stereocenters. The Balaban J connectivity index is 1.56. The number of nitrogens with zero attached hydrogens (tertiary/aromatic N) is 4. The number of carbonyl (C=O) groups excluding carboxylic acids is 1. The van der Waals surface area contributed by atoms with Crippen LogP contribution in [0.5, 0.6) is 5.75 Å². The van der Waals surface area contributed by atoms with Crippen LogP contribution < -0.4 is 4.74 Å². The number of ether oxygens (including phenoxy) is 1. The first kappa shape index (κ1) is 40.8. The van der Waals surface area contributed by atoms with Gasteiger partial charge in [0.25, 0.3) is 0 Å². The van der Waals surface area contributed by atoms with Gasteiger partial charge in [-0.3, -0.25) is 14.8 Å². The standard InChI is InChI=1S/C39H47Cl3N4O6S2/c1-7-52-33-23-32(42)34(54(50,51)25-37(2,3)4)22-31(33)35-43-38(5,26-8-12-28(40)13-9-26)39(6,27-10-14-29(41)15-11-27)46(35)36(47)45-19-17-44(18-20-45)30-16-21-53(48,49)24-30/h8-15,22-23,30H,7,16-21,24-25H2,1-6H3/t30?,38-,39+/m0/s1. The summed E-state index contributed by atoms with van der Waals surface area (Å²) in [6.07, 6.45) is 0.574. The Bertz CT molecular complexity index is 2170. The van der Waals surface area contributed by atoms with Crippen LogP contribution in [-0.4, -0.2) is 99.5 Å². The highest BCUT2D eigenvalue weighted by Crippen LogP contribution is 2.54. The second kappa shape index (κ2) is 14.9. The lowest BCUT2D eigenvalue weighted by Gasteiger charge is -2.47. The summed E-state index contributed by atoms with van der Waals surface area (Å²) >= 11 is 19.5. The average molecular weight is 838 g/mol. The minimum Gasteiger partial charge on any atom is -0.493 e. The van der Waals surface area contributed by atoms with E-state index in [9.17, 15) is 16.8 Å². The molecule has 3 aliphatic rings. The molecule has 1 unspecified atom stereocenters. The molecular formula is C39H47Cl3N4O6S2. The smallest absolute Gasteiger partial charge is 0.326 e. The van der Waals surface area contributed by atoms with Crippen LogP contribution in [0, 0.1) is 5.41 Å². The summed E-state index contributed by atoms with van der Waals surface area (Å²) in [6.45, 7) is 13.2. The lowest BCUT2D eigenvalue weighted by molar-refractivity contribution is 0.0776. The number of halogens is 3. The summed E-state index contributed by atoms with van der Waals surface area (Å²) in [4.78, 5) is 26.3. The first-order chi connectivity index (χ1) is 25.2. The van der Waals surface area contributed by atoms with E-state index >= 15 is 4.79 Å². The molecule has 54 heavy (non-hydrogen) atoms. The van der Waals surface area contributed by atoms with Gasteiger partial charge in [0.15, 0.2) is 19.7 Å². The quantitative estimate of drug-likeness (QED) is 0.229. The number of amides is 2. The predicted octanol–water partition coefficient (Wildman–Crippen LogP) is 7.68. The van der Waals surface area contributed by atoms with Crippen molar-refractivity contribution in [1.82, 2.24) is 14.7 Å². The number of hydrogen-bond donors (Lipinski definition) is 0. The predicted molar refractivity (Wildman–Crippen MR) is 216 cm³/mol. The first-order valence-corrected chi connectivity index (χ1v) is 22.6. The number of hydrogen-bond acceptors (Lipinski definition) is 8. The zero-order chi connectivity index (χ0) is 39.4. The molecule has 0 spiro atoms. The monoisotopic (exact) mass is 836 g/mol. The van der Waals surface area contributed by atoms with Crippen LogP contribution >= 0.6 is 34.8 Å². The van der Waals surface area contributed by atoms with E-state index in [-0.39, 0.29) is 57.4 Å². The fourth-order valence-electron chi connectivity index (χ4n) is 7.92. The first-order valence-electron chi connectivity index (χ1n) is 18.0. The van der Waals surface area contributed by atoms with E-state index in [1.807, 2.05) is 65.8 Å². The lowest BCUT2D eigenvalue weighted by atomic mass is 9.71. The number of carbonyl (C=O) groups is 1. The second-order valence-electron chi connectivity index (χ2n) is 15.8. The van der Waals surface area contributed by atoms with Crippen molar-refractivity contribution >= 4 is 66.3 Å². The molecule has 0 bridgehead atoms. The zero-order valence-corrected chi connectivity index (χ0v) is 35.3. The summed E-state index contributed by atoms with van der Waals surface area (Å²) in [6, 6.07) is 17.1. The fraction of sp³-hybridized carbons (Fsp3) is 0.487. The van der Waals surface area contributed by atoms with Crippen LogP contribution in [0.25, 0.3) is 0 Å². The van der Waals surface area contributed by atoms with Gasteiger partial charge in [-0.25, -0.2) is 21.6 Å². The van der Waals surface area contributed by atoms with Crippen LogP contribution in [0.2, 0.25) is 15.1 Å². The van der Waals surface area contributed by atoms with Crippen molar-refractivity contribution in [1.29, 1.82) is 0 Å². The number of benzene rings is 3. The highest BCUT2D eigenvalue weighted by molar-refractivity contribution is 7.91. The number of urea groups is 1. The Labute approximate surface area is 334 Å². The van der Waals surface area contributed by atoms with Gasteiger partial charge in [-0.2, -0.15) is 0 Å². The van der Waals surface area contributed by atoms with Gasteiger partial charge in [0.05, 0.1) is 39.3 Å². The molecule has 3 heterocycles. The van der Waals surface area contributed by atoms with E-state index in [1.165, 1.54) is 12.1 Å². The fourth-order valence-corrected chi connectivity index (χ4v) is 12.4. The molecule has 10 nitrogen and oxygen atoms in total. The van der Waals surface area contributed by atoms with Crippen LogP contribution in [0.3, 0.4) is 0 Å². The number of aliphatic imine (C=N–C) groups is 1. The molecule has 0 saturated carbocycles. The van der Waals surface area contributed by atoms with E-state index < -0.39 is 36.2 Å². The summed E-state index contributed by atoms with van der Waals surface area (Å²) in [5, 5.41) is 1.06. The summed E-state index contributed by atoms with van der Waals surface area (Å²) < 4.78 is 58.7. The Kier molecular flexibility index (Phi) is 11.2. The van der Waals surface area contributed by atoms with Crippen LogP contribution in [0.4, 0.5) is 4.79 Å². The summed E-state index contributed by atoms with van der Waals surface area (Å²) in [5.41, 5.74) is -1.16.